The third-order valence-electron chi connectivity index (χ3n) is 3.85. The number of rotatable bonds is 4. The number of carbonyl (C=O) groups is 2. The SMILES string of the molecule is O=C(O)c1ccc(C(=O)NCC2CCCCC2O)c(F)c1. The van der Waals surface area contributed by atoms with Gasteiger partial charge in [-0.2, -0.15) is 0 Å². The normalized spacial score (nSPS) is 21.8. The Morgan fingerprint density at radius 3 is 2.62 bits per heavy atom. The van der Waals surface area contributed by atoms with Crippen molar-refractivity contribution in [2.24, 2.45) is 5.92 Å². The number of aliphatic hydroxyl groups excluding tert-OH is 1. The van der Waals surface area contributed by atoms with E-state index in [1.807, 2.05) is 0 Å². The van der Waals surface area contributed by atoms with Crippen molar-refractivity contribution in [1.29, 1.82) is 0 Å². The molecule has 1 fully saturated rings. The standard InChI is InChI=1S/C15H18FNO4/c16-12-7-9(15(20)21)5-6-11(12)14(19)17-8-10-3-1-2-4-13(10)18/h5-7,10,13,18H,1-4,8H2,(H,17,19)(H,20,21). The largest absolute Gasteiger partial charge is 0.478 e. The third-order valence-corrected chi connectivity index (χ3v) is 3.85. The number of aliphatic hydroxyl groups is 1. The Balaban J connectivity index is 1.98. The number of hydrogen-bond acceptors (Lipinski definition) is 3. The first-order chi connectivity index (χ1) is 9.99. The summed E-state index contributed by atoms with van der Waals surface area (Å²) in [5.41, 5.74) is -0.392. The molecule has 0 aromatic heterocycles. The van der Waals surface area contributed by atoms with E-state index in [-0.39, 0.29) is 17.0 Å². The van der Waals surface area contributed by atoms with Crippen molar-refractivity contribution in [3.05, 3.63) is 35.1 Å². The number of carbonyl (C=O) groups excluding carboxylic acids is 1. The van der Waals surface area contributed by atoms with Gasteiger partial charge in [0, 0.05) is 12.5 Å². The lowest BCUT2D eigenvalue weighted by atomic mass is 9.86. The first-order valence-electron chi connectivity index (χ1n) is 6.98. The van der Waals surface area contributed by atoms with Gasteiger partial charge in [-0.1, -0.05) is 12.8 Å². The molecule has 0 spiro atoms. The molecule has 1 aliphatic rings. The van der Waals surface area contributed by atoms with Crippen LogP contribution in [0.15, 0.2) is 18.2 Å². The lowest BCUT2D eigenvalue weighted by Crippen LogP contribution is -2.37. The van der Waals surface area contributed by atoms with Crippen LogP contribution in [-0.2, 0) is 0 Å². The number of carboxylic acids is 1. The summed E-state index contributed by atoms with van der Waals surface area (Å²) in [6.45, 7) is 0.292. The van der Waals surface area contributed by atoms with Crippen LogP contribution >= 0.6 is 0 Å². The number of hydrogen-bond donors (Lipinski definition) is 3. The van der Waals surface area contributed by atoms with E-state index in [1.165, 1.54) is 6.07 Å². The second kappa shape index (κ2) is 6.67. The summed E-state index contributed by atoms with van der Waals surface area (Å²) in [5.74, 6) is -2.71. The molecule has 6 heteroatoms. The smallest absolute Gasteiger partial charge is 0.335 e. The van der Waals surface area contributed by atoms with E-state index in [1.54, 1.807) is 0 Å². The molecule has 1 aromatic carbocycles. The maximum absolute atomic E-state index is 13.7. The van der Waals surface area contributed by atoms with Gasteiger partial charge in [-0.3, -0.25) is 4.79 Å². The fourth-order valence-electron chi connectivity index (χ4n) is 2.58. The van der Waals surface area contributed by atoms with Gasteiger partial charge in [0.1, 0.15) is 5.82 Å². The summed E-state index contributed by atoms with van der Waals surface area (Å²) in [6, 6.07) is 3.17. The molecule has 21 heavy (non-hydrogen) atoms. The van der Waals surface area contributed by atoms with Crippen LogP contribution in [0.5, 0.6) is 0 Å². The van der Waals surface area contributed by atoms with Crippen LogP contribution in [0.25, 0.3) is 0 Å². The molecule has 2 atom stereocenters. The summed E-state index contributed by atoms with van der Waals surface area (Å²) in [4.78, 5) is 22.6. The maximum atomic E-state index is 13.7. The van der Waals surface area contributed by atoms with Crippen LogP contribution in [0.2, 0.25) is 0 Å². The highest BCUT2D eigenvalue weighted by Crippen LogP contribution is 2.23. The summed E-state index contributed by atoms with van der Waals surface area (Å²) in [7, 11) is 0. The Labute approximate surface area is 121 Å². The average Bonchev–Trinajstić information content (AvgIpc) is 2.46. The zero-order chi connectivity index (χ0) is 15.4. The Hall–Kier alpha value is -1.95. The number of halogens is 1. The summed E-state index contributed by atoms with van der Waals surface area (Å²) >= 11 is 0. The minimum Gasteiger partial charge on any atom is -0.478 e. The van der Waals surface area contributed by atoms with Crippen LogP contribution in [0.4, 0.5) is 4.39 Å². The molecular formula is C15H18FNO4. The van der Waals surface area contributed by atoms with E-state index in [4.69, 9.17) is 5.11 Å². The molecule has 0 bridgehead atoms. The summed E-state index contributed by atoms with van der Waals surface area (Å²) < 4.78 is 13.7. The van der Waals surface area contributed by atoms with Gasteiger partial charge in [0.25, 0.3) is 5.91 Å². The highest BCUT2D eigenvalue weighted by molar-refractivity contribution is 5.96. The topological polar surface area (TPSA) is 86.6 Å². The Kier molecular flexibility index (Phi) is 4.90. The first-order valence-corrected chi connectivity index (χ1v) is 6.98. The summed E-state index contributed by atoms with van der Waals surface area (Å²) in [5, 5.41) is 21.2. The predicted molar refractivity (Wildman–Crippen MR) is 73.7 cm³/mol. The van der Waals surface area contributed by atoms with Gasteiger partial charge >= 0.3 is 5.97 Å². The van der Waals surface area contributed by atoms with Crippen LogP contribution in [0.3, 0.4) is 0 Å². The van der Waals surface area contributed by atoms with Crippen molar-refractivity contribution in [2.75, 3.05) is 6.54 Å². The van der Waals surface area contributed by atoms with Gasteiger partial charge in [0.15, 0.2) is 0 Å². The lowest BCUT2D eigenvalue weighted by Gasteiger charge is -2.27. The van der Waals surface area contributed by atoms with Crippen molar-refractivity contribution >= 4 is 11.9 Å². The van der Waals surface area contributed by atoms with E-state index in [0.29, 0.717) is 6.54 Å². The van der Waals surface area contributed by atoms with Crippen LogP contribution < -0.4 is 5.32 Å². The fraction of sp³-hybridized carbons (Fsp3) is 0.467. The van der Waals surface area contributed by atoms with Gasteiger partial charge in [0.2, 0.25) is 0 Å². The van der Waals surface area contributed by atoms with Crippen molar-refractivity contribution in [1.82, 2.24) is 5.32 Å². The van der Waals surface area contributed by atoms with Crippen molar-refractivity contribution in [2.45, 2.75) is 31.8 Å². The molecule has 1 amide bonds. The highest BCUT2D eigenvalue weighted by Gasteiger charge is 2.24. The molecule has 1 saturated carbocycles. The molecule has 1 aliphatic carbocycles. The molecule has 0 aliphatic heterocycles. The van der Waals surface area contributed by atoms with E-state index < -0.39 is 23.8 Å². The molecule has 5 nitrogen and oxygen atoms in total. The lowest BCUT2D eigenvalue weighted by molar-refractivity contribution is 0.0659. The minimum absolute atomic E-state index is 0.0101. The Morgan fingerprint density at radius 2 is 2.00 bits per heavy atom. The quantitative estimate of drug-likeness (QED) is 0.790. The van der Waals surface area contributed by atoms with Crippen LogP contribution in [0.1, 0.15) is 46.4 Å². The zero-order valence-electron chi connectivity index (χ0n) is 11.5. The third kappa shape index (κ3) is 3.78. The minimum atomic E-state index is -1.24. The fourth-order valence-corrected chi connectivity index (χ4v) is 2.58. The number of carboxylic acid groups (broad SMARTS) is 1. The monoisotopic (exact) mass is 295 g/mol. The van der Waals surface area contributed by atoms with Gasteiger partial charge in [-0.05, 0) is 31.0 Å². The molecular weight excluding hydrogens is 277 g/mol. The first kappa shape index (κ1) is 15.4. The number of benzene rings is 1. The number of aromatic carboxylic acids is 1. The average molecular weight is 295 g/mol. The second-order valence-electron chi connectivity index (χ2n) is 5.32. The van der Waals surface area contributed by atoms with Gasteiger partial charge < -0.3 is 15.5 Å². The van der Waals surface area contributed by atoms with E-state index >= 15 is 0 Å². The second-order valence-corrected chi connectivity index (χ2v) is 5.32. The molecule has 0 radical (unpaired) electrons. The van der Waals surface area contributed by atoms with Gasteiger partial charge in [0.05, 0.1) is 17.2 Å². The van der Waals surface area contributed by atoms with E-state index in [9.17, 15) is 19.1 Å². The van der Waals surface area contributed by atoms with Crippen LogP contribution in [0, 0.1) is 11.7 Å². The molecule has 114 valence electrons. The van der Waals surface area contributed by atoms with Crippen LogP contribution in [-0.4, -0.2) is 34.7 Å². The Morgan fingerprint density at radius 1 is 1.29 bits per heavy atom. The predicted octanol–water partition coefficient (Wildman–Crippen LogP) is 1.80. The van der Waals surface area contributed by atoms with Crippen molar-refractivity contribution in [3.63, 3.8) is 0 Å². The molecule has 2 unspecified atom stereocenters. The van der Waals surface area contributed by atoms with E-state index in [0.717, 1.165) is 37.8 Å². The zero-order valence-corrected chi connectivity index (χ0v) is 11.5. The molecule has 0 saturated heterocycles. The molecule has 0 heterocycles. The molecule has 1 aromatic rings. The molecule has 2 rings (SSSR count). The van der Waals surface area contributed by atoms with Crippen molar-refractivity contribution in [3.8, 4) is 0 Å². The maximum Gasteiger partial charge on any atom is 0.335 e. The highest BCUT2D eigenvalue weighted by atomic mass is 19.1. The van der Waals surface area contributed by atoms with Gasteiger partial charge in [-0.15, -0.1) is 0 Å². The Bertz CT molecular complexity index is 546. The number of nitrogens with one attached hydrogen (secondary N) is 1. The van der Waals surface area contributed by atoms with Gasteiger partial charge in [-0.25, -0.2) is 9.18 Å². The molecule has 3 N–H and O–H groups in total. The van der Waals surface area contributed by atoms with Crippen molar-refractivity contribution < 1.29 is 24.2 Å². The van der Waals surface area contributed by atoms with E-state index in [2.05, 4.69) is 5.32 Å². The number of amides is 1. The summed E-state index contributed by atoms with van der Waals surface area (Å²) in [6.07, 6.45) is 3.12.